The van der Waals surface area contributed by atoms with Gasteiger partial charge >= 0.3 is 0 Å². The molecule has 0 radical (unpaired) electrons. The molecule has 1 N–H and O–H groups in total. The number of rotatable bonds is 5. The van der Waals surface area contributed by atoms with E-state index in [2.05, 4.69) is 21.2 Å². The van der Waals surface area contributed by atoms with Crippen LogP contribution in [0.4, 0.5) is 5.69 Å². The molecule has 0 aliphatic carbocycles. The summed E-state index contributed by atoms with van der Waals surface area (Å²) in [5, 5.41) is 13.7. The van der Waals surface area contributed by atoms with E-state index in [0.29, 0.717) is 23.1 Å². The van der Waals surface area contributed by atoms with Crippen molar-refractivity contribution in [2.24, 2.45) is 0 Å². The molecule has 0 aromatic heterocycles. The fourth-order valence-electron chi connectivity index (χ4n) is 1.40. The molecule has 0 fully saturated rings. The Morgan fingerprint density at radius 1 is 1.47 bits per heavy atom. The molecular weight excluding hydrogens is 337 g/mol. The summed E-state index contributed by atoms with van der Waals surface area (Å²) in [7, 11) is 3.45. The van der Waals surface area contributed by atoms with Crippen LogP contribution >= 0.6 is 28.3 Å². The van der Waals surface area contributed by atoms with Gasteiger partial charge in [0.15, 0.2) is 0 Å². The van der Waals surface area contributed by atoms with Gasteiger partial charge in [-0.1, -0.05) is 15.9 Å². The first-order chi connectivity index (χ1) is 8.45. The summed E-state index contributed by atoms with van der Waals surface area (Å²) in [6, 6.07) is 4.22. The Morgan fingerprint density at radius 3 is 2.63 bits per heavy atom. The maximum atomic E-state index is 12.0. The summed E-state index contributed by atoms with van der Waals surface area (Å²) in [4.78, 5) is 23.7. The molecule has 0 heterocycles. The minimum atomic E-state index is -0.519. The molecule has 1 amide bonds. The minimum Gasteiger partial charge on any atom is -0.340 e. The molecule has 6 nitrogen and oxygen atoms in total. The van der Waals surface area contributed by atoms with E-state index in [9.17, 15) is 14.9 Å². The number of halogens is 2. The van der Waals surface area contributed by atoms with Crippen LogP contribution in [-0.2, 0) is 0 Å². The van der Waals surface area contributed by atoms with Crippen molar-refractivity contribution in [3.63, 3.8) is 0 Å². The Morgan fingerprint density at radius 2 is 2.11 bits per heavy atom. The van der Waals surface area contributed by atoms with Gasteiger partial charge in [0, 0.05) is 42.3 Å². The number of amides is 1. The molecule has 0 aliphatic rings. The molecule has 0 saturated heterocycles. The van der Waals surface area contributed by atoms with E-state index in [0.717, 1.165) is 0 Å². The molecule has 19 heavy (non-hydrogen) atoms. The average molecular weight is 353 g/mol. The SMILES string of the molecule is CNCCN(C)C(=O)c1cc(Br)cc([N+](=O)[O-])c1.Cl. The Labute approximate surface area is 125 Å². The maximum absolute atomic E-state index is 12.0. The first-order valence-corrected chi connectivity index (χ1v) is 6.10. The van der Waals surface area contributed by atoms with Crippen molar-refractivity contribution in [2.45, 2.75) is 0 Å². The molecule has 0 aliphatic heterocycles. The molecule has 0 saturated carbocycles. The lowest BCUT2D eigenvalue weighted by molar-refractivity contribution is -0.385. The van der Waals surface area contributed by atoms with Crippen molar-refractivity contribution in [3.8, 4) is 0 Å². The van der Waals surface area contributed by atoms with Crippen LogP contribution in [0.3, 0.4) is 0 Å². The number of likely N-dealkylation sites (N-methyl/N-ethyl adjacent to an activating group) is 2. The van der Waals surface area contributed by atoms with Crippen LogP contribution in [0.5, 0.6) is 0 Å². The zero-order valence-electron chi connectivity index (χ0n) is 10.6. The third-order valence-electron chi connectivity index (χ3n) is 2.38. The number of nitrogens with zero attached hydrogens (tertiary/aromatic N) is 2. The summed E-state index contributed by atoms with van der Waals surface area (Å²) in [6.45, 7) is 1.20. The highest BCUT2D eigenvalue weighted by Gasteiger charge is 2.16. The lowest BCUT2D eigenvalue weighted by Crippen LogP contribution is -2.32. The molecule has 1 aromatic rings. The molecule has 0 bridgehead atoms. The molecule has 0 atom stereocenters. The van der Waals surface area contributed by atoms with Gasteiger partial charge in [-0.25, -0.2) is 0 Å². The summed E-state index contributed by atoms with van der Waals surface area (Å²) in [5.74, 6) is -0.241. The van der Waals surface area contributed by atoms with Gasteiger partial charge in [0.05, 0.1) is 4.92 Å². The highest BCUT2D eigenvalue weighted by atomic mass is 79.9. The van der Waals surface area contributed by atoms with Gasteiger partial charge in [-0.05, 0) is 13.1 Å². The van der Waals surface area contributed by atoms with Crippen LogP contribution in [-0.4, -0.2) is 42.9 Å². The normalized spacial score (nSPS) is 9.63. The Balaban J connectivity index is 0.00000324. The summed E-state index contributed by atoms with van der Waals surface area (Å²) in [5.41, 5.74) is 0.199. The second kappa shape index (κ2) is 8.08. The maximum Gasteiger partial charge on any atom is 0.271 e. The molecule has 1 aromatic carbocycles. The minimum absolute atomic E-state index is 0. The second-order valence-electron chi connectivity index (χ2n) is 3.79. The third kappa shape index (κ3) is 5.14. The standard InChI is InChI=1S/C11H14BrN3O3.ClH/c1-13-3-4-14(2)11(16)8-5-9(12)7-10(6-8)15(17)18;/h5-7,13H,3-4H2,1-2H3;1H. The van der Waals surface area contributed by atoms with Crippen molar-refractivity contribution >= 4 is 39.9 Å². The summed E-state index contributed by atoms with van der Waals surface area (Å²) in [6.07, 6.45) is 0. The van der Waals surface area contributed by atoms with Crippen molar-refractivity contribution in [1.82, 2.24) is 10.2 Å². The number of carbonyl (C=O) groups excluding carboxylic acids is 1. The lowest BCUT2D eigenvalue weighted by Gasteiger charge is -2.16. The molecule has 1 rings (SSSR count). The van der Waals surface area contributed by atoms with Crippen molar-refractivity contribution in [2.75, 3.05) is 27.2 Å². The zero-order valence-corrected chi connectivity index (χ0v) is 13.0. The number of nitrogens with one attached hydrogen (secondary N) is 1. The fraction of sp³-hybridized carbons (Fsp3) is 0.364. The molecule has 0 unspecified atom stereocenters. The molecular formula is C11H15BrClN3O3. The molecule has 8 heteroatoms. The molecule has 0 spiro atoms. The number of nitro benzene ring substituents is 1. The van der Waals surface area contributed by atoms with Gasteiger partial charge in [0.1, 0.15) is 0 Å². The third-order valence-corrected chi connectivity index (χ3v) is 2.84. The van der Waals surface area contributed by atoms with E-state index in [4.69, 9.17) is 0 Å². The number of carbonyl (C=O) groups is 1. The van der Waals surface area contributed by atoms with Crippen molar-refractivity contribution in [3.05, 3.63) is 38.3 Å². The van der Waals surface area contributed by atoms with Gasteiger partial charge < -0.3 is 10.2 Å². The largest absolute Gasteiger partial charge is 0.340 e. The Hall–Kier alpha value is -1.18. The lowest BCUT2D eigenvalue weighted by atomic mass is 10.2. The summed E-state index contributed by atoms with van der Waals surface area (Å²) >= 11 is 3.16. The van der Waals surface area contributed by atoms with Gasteiger partial charge in [-0.2, -0.15) is 0 Å². The van der Waals surface area contributed by atoms with Crippen LogP contribution < -0.4 is 5.32 Å². The van der Waals surface area contributed by atoms with Gasteiger partial charge in [-0.15, -0.1) is 12.4 Å². The fourth-order valence-corrected chi connectivity index (χ4v) is 1.89. The molecule has 106 valence electrons. The number of nitro groups is 1. The summed E-state index contributed by atoms with van der Waals surface area (Å²) < 4.78 is 0.516. The highest BCUT2D eigenvalue weighted by molar-refractivity contribution is 9.10. The smallest absolute Gasteiger partial charge is 0.271 e. The van der Waals surface area contributed by atoms with Crippen LogP contribution in [0.2, 0.25) is 0 Å². The van der Waals surface area contributed by atoms with Crippen LogP contribution in [0.25, 0.3) is 0 Å². The predicted octanol–water partition coefficient (Wildman–Crippen LogP) is 2.07. The van der Waals surface area contributed by atoms with Crippen LogP contribution in [0, 0.1) is 10.1 Å². The Bertz CT molecular complexity index is 470. The topological polar surface area (TPSA) is 75.5 Å². The predicted molar refractivity (Wildman–Crippen MR) is 78.9 cm³/mol. The zero-order chi connectivity index (χ0) is 13.7. The quantitative estimate of drug-likeness (QED) is 0.650. The van der Waals surface area contributed by atoms with Crippen molar-refractivity contribution in [1.29, 1.82) is 0 Å². The number of non-ortho nitro benzene ring substituents is 1. The number of benzene rings is 1. The number of hydrogen-bond donors (Lipinski definition) is 1. The van der Waals surface area contributed by atoms with Gasteiger partial charge in [0.2, 0.25) is 0 Å². The van der Waals surface area contributed by atoms with E-state index >= 15 is 0 Å². The number of hydrogen-bond acceptors (Lipinski definition) is 4. The van der Waals surface area contributed by atoms with Gasteiger partial charge in [-0.3, -0.25) is 14.9 Å². The first-order valence-electron chi connectivity index (χ1n) is 5.30. The highest BCUT2D eigenvalue weighted by Crippen LogP contribution is 2.22. The van der Waals surface area contributed by atoms with Gasteiger partial charge in [0.25, 0.3) is 11.6 Å². The Kier molecular flexibility index (Phi) is 7.58. The first kappa shape index (κ1) is 17.8. The van der Waals surface area contributed by atoms with E-state index in [-0.39, 0.29) is 24.0 Å². The van der Waals surface area contributed by atoms with Crippen molar-refractivity contribution < 1.29 is 9.72 Å². The van der Waals surface area contributed by atoms with Crippen LogP contribution in [0.1, 0.15) is 10.4 Å². The average Bonchev–Trinajstić information content (AvgIpc) is 2.34. The van der Waals surface area contributed by atoms with E-state index < -0.39 is 4.92 Å². The van der Waals surface area contributed by atoms with Crippen LogP contribution in [0.15, 0.2) is 22.7 Å². The monoisotopic (exact) mass is 351 g/mol. The van der Waals surface area contributed by atoms with E-state index in [1.807, 2.05) is 0 Å². The van der Waals surface area contributed by atoms with E-state index in [1.54, 1.807) is 20.2 Å². The second-order valence-corrected chi connectivity index (χ2v) is 4.70. The van der Waals surface area contributed by atoms with E-state index in [1.165, 1.54) is 17.0 Å².